The van der Waals surface area contributed by atoms with Gasteiger partial charge in [-0.1, -0.05) is 12.5 Å². The highest BCUT2D eigenvalue weighted by Crippen LogP contribution is 2.37. The number of benzene rings is 1. The van der Waals surface area contributed by atoms with Gasteiger partial charge >= 0.3 is 0 Å². The Hall–Kier alpha value is -3.53. The maximum absolute atomic E-state index is 10.7. The van der Waals surface area contributed by atoms with E-state index in [1.807, 2.05) is 6.07 Å². The van der Waals surface area contributed by atoms with Gasteiger partial charge in [-0.15, -0.1) is 10.2 Å². The quantitative estimate of drug-likeness (QED) is 0.583. The lowest BCUT2D eigenvalue weighted by Crippen LogP contribution is -2.61. The molecule has 2 saturated heterocycles. The Morgan fingerprint density at radius 1 is 1.11 bits per heavy atom. The molecule has 3 aromatic rings. The number of nitrogens with zero attached hydrogens (tertiary/aromatic N) is 6. The molecule has 0 aliphatic carbocycles. The summed E-state index contributed by atoms with van der Waals surface area (Å²) in [5, 5.41) is 23.3. The summed E-state index contributed by atoms with van der Waals surface area (Å²) in [5.41, 5.74) is 1.97. The first kappa shape index (κ1) is 22.0. The number of hydrogen-bond acceptors (Lipinski definition) is 10. The molecule has 2 N–H and O–H groups in total. The van der Waals surface area contributed by atoms with E-state index < -0.39 is 0 Å². The maximum Gasteiger partial charge on any atom is 0.278 e. The number of anilines is 1. The fourth-order valence-electron chi connectivity index (χ4n) is 5.53. The highest BCUT2D eigenvalue weighted by molar-refractivity contribution is 5.71. The predicted molar refractivity (Wildman–Crippen MR) is 130 cm³/mol. The zero-order chi connectivity index (χ0) is 24.0. The van der Waals surface area contributed by atoms with Crippen LogP contribution in [0, 0.1) is 0 Å². The van der Waals surface area contributed by atoms with Gasteiger partial charge in [0.05, 0.1) is 23.7 Å². The molecular weight excluding hydrogens is 446 g/mol. The summed E-state index contributed by atoms with van der Waals surface area (Å²) >= 11 is 0. The fraction of sp³-hybridized carbons (Fsp3) is 0.480. The van der Waals surface area contributed by atoms with Crippen LogP contribution in [0.15, 0.2) is 30.6 Å². The molecule has 3 atom stereocenters. The molecule has 0 amide bonds. The van der Waals surface area contributed by atoms with Gasteiger partial charge in [-0.3, -0.25) is 0 Å². The molecular formula is C25H29N7O3. The second-order valence-corrected chi connectivity index (χ2v) is 9.93. The molecule has 3 aliphatic rings. The molecule has 10 heteroatoms. The number of phenolic OH excluding ortho intramolecular Hbond substituents is 1. The third kappa shape index (κ3) is 4.22. The Morgan fingerprint density at radius 3 is 2.74 bits per heavy atom. The molecule has 0 radical (unpaired) electrons. The average molecular weight is 476 g/mol. The minimum absolute atomic E-state index is 0.0428. The molecule has 3 aliphatic heterocycles. The normalized spacial score (nSPS) is 25.2. The topological polar surface area (TPSA) is 118 Å². The van der Waals surface area contributed by atoms with Crippen molar-refractivity contribution >= 4 is 5.82 Å². The lowest BCUT2D eigenvalue weighted by Gasteiger charge is -2.49. The highest BCUT2D eigenvalue weighted by atomic mass is 16.6. The van der Waals surface area contributed by atoms with E-state index in [2.05, 4.69) is 49.3 Å². The molecule has 35 heavy (non-hydrogen) atoms. The third-order valence-electron chi connectivity index (χ3n) is 7.34. The van der Waals surface area contributed by atoms with E-state index in [9.17, 15) is 5.11 Å². The monoisotopic (exact) mass is 475 g/mol. The number of aromatic nitrogens is 5. The van der Waals surface area contributed by atoms with E-state index >= 15 is 0 Å². The summed E-state index contributed by atoms with van der Waals surface area (Å²) in [6.45, 7) is 3.22. The Labute approximate surface area is 203 Å². The van der Waals surface area contributed by atoms with Crippen molar-refractivity contribution in [2.24, 2.45) is 0 Å². The van der Waals surface area contributed by atoms with E-state index in [1.165, 1.54) is 19.3 Å². The number of hydrogen-bond donors (Lipinski definition) is 2. The molecule has 0 spiro atoms. The number of aromatic hydroxyl groups is 1. The van der Waals surface area contributed by atoms with Gasteiger partial charge < -0.3 is 24.8 Å². The second kappa shape index (κ2) is 8.60. The van der Waals surface area contributed by atoms with Crippen LogP contribution in [0.5, 0.6) is 17.5 Å². The van der Waals surface area contributed by atoms with Crippen molar-refractivity contribution in [2.45, 2.75) is 56.7 Å². The fourth-order valence-corrected chi connectivity index (χ4v) is 5.53. The number of piperidine rings is 2. The number of phenols is 1. The summed E-state index contributed by atoms with van der Waals surface area (Å²) in [6.07, 6.45) is 9.25. The third-order valence-corrected chi connectivity index (χ3v) is 7.34. The minimum atomic E-state index is 0.0428. The maximum atomic E-state index is 10.7. The van der Waals surface area contributed by atoms with Crippen molar-refractivity contribution in [1.29, 1.82) is 0 Å². The zero-order valence-corrected chi connectivity index (χ0v) is 19.9. The first-order valence-corrected chi connectivity index (χ1v) is 12.1. The average Bonchev–Trinajstić information content (AvgIpc) is 2.87. The van der Waals surface area contributed by atoms with E-state index in [1.54, 1.807) is 24.5 Å². The summed E-state index contributed by atoms with van der Waals surface area (Å²) in [5.74, 6) is 1.89. The highest BCUT2D eigenvalue weighted by Gasteiger charge is 2.40. The Balaban J connectivity index is 1.20. The van der Waals surface area contributed by atoms with Crippen LogP contribution in [0.25, 0.3) is 22.6 Å². The Bertz CT molecular complexity index is 1240. The van der Waals surface area contributed by atoms with Gasteiger partial charge in [0.2, 0.25) is 0 Å². The van der Waals surface area contributed by atoms with Crippen molar-refractivity contribution < 1.29 is 14.6 Å². The largest absolute Gasteiger partial charge is 0.507 e. The van der Waals surface area contributed by atoms with Crippen LogP contribution in [0.3, 0.4) is 0 Å². The van der Waals surface area contributed by atoms with Gasteiger partial charge in [0.1, 0.15) is 19.0 Å². The van der Waals surface area contributed by atoms with Crippen LogP contribution in [-0.4, -0.2) is 68.1 Å². The van der Waals surface area contributed by atoms with Crippen LogP contribution >= 0.6 is 0 Å². The molecule has 0 unspecified atom stereocenters. The molecule has 6 rings (SSSR count). The van der Waals surface area contributed by atoms with Crippen molar-refractivity contribution in [3.63, 3.8) is 0 Å². The molecule has 10 nitrogen and oxygen atoms in total. The number of ether oxygens (including phenoxy) is 2. The molecule has 1 aromatic carbocycles. The van der Waals surface area contributed by atoms with E-state index in [0.717, 1.165) is 18.7 Å². The first-order chi connectivity index (χ1) is 17.0. The van der Waals surface area contributed by atoms with Gasteiger partial charge in [0, 0.05) is 30.2 Å². The lowest BCUT2D eigenvalue weighted by atomic mass is 9.75. The summed E-state index contributed by atoms with van der Waals surface area (Å²) in [6, 6.07) is 6.18. The van der Waals surface area contributed by atoms with E-state index in [4.69, 9.17) is 9.47 Å². The van der Waals surface area contributed by atoms with Crippen LogP contribution < -0.4 is 19.7 Å². The Morgan fingerprint density at radius 2 is 1.97 bits per heavy atom. The molecule has 0 saturated carbocycles. The first-order valence-electron chi connectivity index (χ1n) is 12.1. The van der Waals surface area contributed by atoms with Gasteiger partial charge in [0.25, 0.3) is 11.8 Å². The predicted octanol–water partition coefficient (Wildman–Crippen LogP) is 2.97. The molecule has 182 valence electrons. The van der Waals surface area contributed by atoms with Gasteiger partial charge in [-0.25, -0.2) is 15.0 Å². The number of rotatable bonds is 4. The summed E-state index contributed by atoms with van der Waals surface area (Å²) in [4.78, 5) is 15.4. The van der Waals surface area contributed by atoms with Gasteiger partial charge in [0.15, 0.2) is 11.6 Å². The molecule has 2 bridgehead atoms. The van der Waals surface area contributed by atoms with Gasteiger partial charge in [-0.05, 0) is 44.7 Å². The van der Waals surface area contributed by atoms with Crippen LogP contribution in [0.1, 0.15) is 39.0 Å². The summed E-state index contributed by atoms with van der Waals surface area (Å²) in [7, 11) is 2.07. The van der Waals surface area contributed by atoms with E-state index in [-0.39, 0.29) is 11.3 Å². The van der Waals surface area contributed by atoms with Gasteiger partial charge in [-0.2, -0.15) is 0 Å². The van der Waals surface area contributed by atoms with Crippen LogP contribution in [0.2, 0.25) is 0 Å². The van der Waals surface area contributed by atoms with Crippen molar-refractivity contribution in [2.75, 3.05) is 25.2 Å². The van der Waals surface area contributed by atoms with Crippen molar-refractivity contribution in [3.05, 3.63) is 30.6 Å². The standard InChI is InChI=1S/C25H29N7O3/c1-25-7-3-4-16(29-25)11-17(12-25)32(2)21-14-26-22(31-30-21)18-6-5-15(10-20(18)33)19-13-27-23-24(28-19)35-9-8-34-23/h5-6,10,13-14,16-17,29,33H,3-4,7-9,11-12H2,1-2H3/t16-,17-,25+/m1/s1. The van der Waals surface area contributed by atoms with Crippen LogP contribution in [0.4, 0.5) is 5.82 Å². The zero-order valence-electron chi connectivity index (χ0n) is 19.9. The van der Waals surface area contributed by atoms with Crippen molar-refractivity contribution in [3.8, 4) is 40.2 Å². The lowest BCUT2D eigenvalue weighted by molar-refractivity contribution is 0.140. The number of fused-ring (bicyclic) bond motifs is 3. The second-order valence-electron chi connectivity index (χ2n) is 9.93. The summed E-state index contributed by atoms with van der Waals surface area (Å²) < 4.78 is 10.9. The smallest absolute Gasteiger partial charge is 0.278 e. The van der Waals surface area contributed by atoms with E-state index in [0.29, 0.717) is 59.7 Å². The minimum Gasteiger partial charge on any atom is -0.507 e. The van der Waals surface area contributed by atoms with Crippen molar-refractivity contribution in [1.82, 2.24) is 30.5 Å². The van der Waals surface area contributed by atoms with Crippen LogP contribution in [-0.2, 0) is 0 Å². The molecule has 2 aromatic heterocycles. The molecule has 5 heterocycles. The Kier molecular flexibility index (Phi) is 5.40. The molecule has 2 fully saturated rings. The number of nitrogens with one attached hydrogen (secondary N) is 1. The SMILES string of the molecule is CN(c1cnc(-c2ccc(-c3cnc4c(n3)OCCO4)cc2O)nn1)[C@@H]1C[C@H]2CCC[C@@](C)(C1)N2.